The minimum Gasteiger partial charge on any atom is -0.478 e. The number of carbonyl (C=O) groups excluding carboxylic acids is 1. The molecule has 1 spiro atoms. The number of aromatic nitrogens is 1. The number of nitrogens with zero attached hydrogens (tertiary/aromatic N) is 2. The van der Waals surface area contributed by atoms with Crippen LogP contribution in [0.4, 0.5) is 0 Å². The molecule has 1 aliphatic carbocycles. The molecule has 5 nitrogen and oxygen atoms in total. The minimum absolute atomic E-state index is 0.112. The Bertz CT molecular complexity index is 855. The first-order valence-electron chi connectivity index (χ1n) is 8.09. The SMILES string of the molecule is Cc1nc(C(=O)N2Cc3ccccc3C3(CC3)C2)ccc1C(=O)O. The summed E-state index contributed by atoms with van der Waals surface area (Å²) < 4.78 is 0. The Hall–Kier alpha value is -2.69. The zero-order valence-corrected chi connectivity index (χ0v) is 13.5. The number of hydrogen-bond acceptors (Lipinski definition) is 3. The van der Waals surface area contributed by atoms with Crippen LogP contribution in [0.25, 0.3) is 0 Å². The first kappa shape index (κ1) is 14.9. The molecule has 0 saturated heterocycles. The van der Waals surface area contributed by atoms with Gasteiger partial charge in [0.05, 0.1) is 11.3 Å². The Balaban J connectivity index is 1.65. The summed E-state index contributed by atoms with van der Waals surface area (Å²) in [5.41, 5.74) is 3.50. The van der Waals surface area contributed by atoms with Crippen molar-refractivity contribution in [1.29, 1.82) is 0 Å². The minimum atomic E-state index is -1.03. The van der Waals surface area contributed by atoms with E-state index in [4.69, 9.17) is 5.11 Å². The van der Waals surface area contributed by atoms with Gasteiger partial charge in [0.25, 0.3) is 5.91 Å². The molecule has 1 saturated carbocycles. The van der Waals surface area contributed by atoms with Gasteiger partial charge >= 0.3 is 5.97 Å². The van der Waals surface area contributed by atoms with Crippen molar-refractivity contribution in [3.63, 3.8) is 0 Å². The topological polar surface area (TPSA) is 70.5 Å². The van der Waals surface area contributed by atoms with Crippen molar-refractivity contribution < 1.29 is 14.7 Å². The van der Waals surface area contributed by atoms with Gasteiger partial charge in [0.15, 0.2) is 0 Å². The third-order valence-electron chi connectivity index (χ3n) is 5.12. The predicted molar refractivity (Wildman–Crippen MR) is 88.0 cm³/mol. The largest absolute Gasteiger partial charge is 0.478 e. The van der Waals surface area contributed by atoms with Crippen molar-refractivity contribution in [3.05, 3.63) is 64.5 Å². The van der Waals surface area contributed by atoms with E-state index in [0.717, 1.165) is 12.8 Å². The van der Waals surface area contributed by atoms with Gasteiger partial charge in [-0.3, -0.25) is 4.79 Å². The van der Waals surface area contributed by atoms with E-state index >= 15 is 0 Å². The molecular formula is C19H18N2O3. The number of carbonyl (C=O) groups is 2. The monoisotopic (exact) mass is 322 g/mol. The van der Waals surface area contributed by atoms with E-state index < -0.39 is 5.97 Å². The van der Waals surface area contributed by atoms with Gasteiger partial charge in [-0.1, -0.05) is 24.3 Å². The van der Waals surface area contributed by atoms with E-state index in [1.807, 2.05) is 11.0 Å². The van der Waals surface area contributed by atoms with Crippen LogP contribution in [0, 0.1) is 6.92 Å². The number of carboxylic acids is 1. The molecule has 2 aromatic rings. The molecule has 1 aromatic carbocycles. The third kappa shape index (κ3) is 2.28. The summed E-state index contributed by atoms with van der Waals surface area (Å²) in [5.74, 6) is -1.15. The van der Waals surface area contributed by atoms with Crippen molar-refractivity contribution >= 4 is 11.9 Å². The second-order valence-corrected chi connectivity index (χ2v) is 6.73. The number of benzene rings is 1. The summed E-state index contributed by atoms with van der Waals surface area (Å²) in [4.78, 5) is 30.0. The molecule has 122 valence electrons. The van der Waals surface area contributed by atoms with Crippen LogP contribution in [0.3, 0.4) is 0 Å². The van der Waals surface area contributed by atoms with Crippen LogP contribution in [0.2, 0.25) is 0 Å². The number of amides is 1. The molecule has 2 aliphatic rings. The zero-order chi connectivity index (χ0) is 16.9. The molecule has 0 bridgehead atoms. The lowest BCUT2D eigenvalue weighted by Gasteiger charge is -2.35. The second kappa shape index (κ2) is 5.16. The Morgan fingerprint density at radius 3 is 2.58 bits per heavy atom. The van der Waals surface area contributed by atoms with Crippen LogP contribution in [0.15, 0.2) is 36.4 Å². The Kier molecular flexibility index (Phi) is 3.20. The van der Waals surface area contributed by atoms with Gasteiger partial charge in [0.1, 0.15) is 5.69 Å². The third-order valence-corrected chi connectivity index (χ3v) is 5.12. The smallest absolute Gasteiger partial charge is 0.337 e. The van der Waals surface area contributed by atoms with Gasteiger partial charge in [-0.2, -0.15) is 0 Å². The maximum absolute atomic E-state index is 12.9. The molecule has 1 N–H and O–H groups in total. The standard InChI is InChI=1S/C19H18N2O3/c1-12-14(18(23)24)6-7-16(20-12)17(22)21-10-13-4-2-3-5-15(13)19(11-21)8-9-19/h2-7H,8-11H2,1H3,(H,23,24). The molecule has 24 heavy (non-hydrogen) atoms. The summed E-state index contributed by atoms with van der Waals surface area (Å²) in [5, 5.41) is 9.09. The number of aryl methyl sites for hydroxylation is 1. The molecule has 0 radical (unpaired) electrons. The highest BCUT2D eigenvalue weighted by Gasteiger charge is 2.49. The van der Waals surface area contributed by atoms with E-state index in [9.17, 15) is 9.59 Å². The highest BCUT2D eigenvalue weighted by Crippen LogP contribution is 2.52. The van der Waals surface area contributed by atoms with Crippen LogP contribution in [0.5, 0.6) is 0 Å². The Morgan fingerprint density at radius 1 is 1.17 bits per heavy atom. The second-order valence-electron chi connectivity index (χ2n) is 6.73. The van der Waals surface area contributed by atoms with E-state index in [-0.39, 0.29) is 16.9 Å². The van der Waals surface area contributed by atoms with Crippen molar-refractivity contribution in [2.45, 2.75) is 31.7 Å². The Morgan fingerprint density at radius 2 is 1.92 bits per heavy atom. The highest BCUT2D eigenvalue weighted by atomic mass is 16.4. The van der Waals surface area contributed by atoms with Crippen LogP contribution in [0.1, 0.15) is 50.5 Å². The number of fused-ring (bicyclic) bond motifs is 2. The molecule has 0 unspecified atom stereocenters. The van der Waals surface area contributed by atoms with Crippen molar-refractivity contribution in [2.24, 2.45) is 0 Å². The number of rotatable bonds is 2. The van der Waals surface area contributed by atoms with Gasteiger partial charge in [0.2, 0.25) is 0 Å². The Labute approximate surface area is 139 Å². The average Bonchev–Trinajstić information content (AvgIpc) is 3.33. The van der Waals surface area contributed by atoms with Gasteiger partial charge in [0, 0.05) is 18.5 Å². The fourth-order valence-corrected chi connectivity index (χ4v) is 3.68. The van der Waals surface area contributed by atoms with Gasteiger partial charge in [-0.05, 0) is 43.0 Å². The number of pyridine rings is 1. The fraction of sp³-hybridized carbons (Fsp3) is 0.316. The van der Waals surface area contributed by atoms with Crippen LogP contribution < -0.4 is 0 Å². The lowest BCUT2D eigenvalue weighted by atomic mass is 9.87. The summed E-state index contributed by atoms with van der Waals surface area (Å²) in [7, 11) is 0. The van der Waals surface area contributed by atoms with E-state index in [0.29, 0.717) is 24.5 Å². The molecule has 1 aliphatic heterocycles. The molecular weight excluding hydrogens is 304 g/mol. The predicted octanol–water partition coefficient (Wildman–Crippen LogP) is 2.78. The first-order chi connectivity index (χ1) is 11.5. The quantitative estimate of drug-likeness (QED) is 0.923. The molecule has 2 heterocycles. The van der Waals surface area contributed by atoms with E-state index in [1.165, 1.54) is 23.3 Å². The summed E-state index contributed by atoms with van der Waals surface area (Å²) in [6, 6.07) is 11.3. The highest BCUT2D eigenvalue weighted by molar-refractivity contribution is 5.94. The maximum Gasteiger partial charge on any atom is 0.337 e. The van der Waals surface area contributed by atoms with Crippen molar-refractivity contribution in [3.8, 4) is 0 Å². The van der Waals surface area contributed by atoms with Crippen LogP contribution >= 0.6 is 0 Å². The van der Waals surface area contributed by atoms with Crippen LogP contribution in [-0.2, 0) is 12.0 Å². The lowest BCUT2D eigenvalue weighted by Crippen LogP contribution is -2.42. The average molecular weight is 322 g/mol. The molecule has 0 atom stereocenters. The van der Waals surface area contributed by atoms with Crippen molar-refractivity contribution in [1.82, 2.24) is 9.88 Å². The fourth-order valence-electron chi connectivity index (χ4n) is 3.68. The van der Waals surface area contributed by atoms with Gasteiger partial charge in [-0.15, -0.1) is 0 Å². The first-order valence-corrected chi connectivity index (χ1v) is 8.09. The lowest BCUT2D eigenvalue weighted by molar-refractivity contribution is 0.0683. The maximum atomic E-state index is 12.9. The summed E-state index contributed by atoms with van der Waals surface area (Å²) in [6.07, 6.45) is 2.22. The summed E-state index contributed by atoms with van der Waals surface area (Å²) >= 11 is 0. The van der Waals surface area contributed by atoms with E-state index in [1.54, 1.807) is 6.92 Å². The molecule has 1 amide bonds. The van der Waals surface area contributed by atoms with Crippen molar-refractivity contribution in [2.75, 3.05) is 6.54 Å². The zero-order valence-electron chi connectivity index (χ0n) is 13.5. The molecule has 5 heteroatoms. The van der Waals surface area contributed by atoms with Gasteiger partial charge in [-0.25, -0.2) is 9.78 Å². The van der Waals surface area contributed by atoms with Gasteiger partial charge < -0.3 is 10.0 Å². The molecule has 1 fully saturated rings. The number of aromatic carboxylic acids is 1. The normalized spacial score (nSPS) is 17.5. The number of carboxylic acid groups (broad SMARTS) is 1. The number of hydrogen-bond donors (Lipinski definition) is 1. The van der Waals surface area contributed by atoms with E-state index in [2.05, 4.69) is 23.2 Å². The molecule has 1 aromatic heterocycles. The van der Waals surface area contributed by atoms with Crippen LogP contribution in [-0.4, -0.2) is 33.4 Å². The molecule has 4 rings (SSSR count). The summed E-state index contributed by atoms with van der Waals surface area (Å²) in [6.45, 7) is 2.91.